The van der Waals surface area contributed by atoms with Gasteiger partial charge in [0.2, 0.25) is 5.91 Å². The van der Waals surface area contributed by atoms with Crippen molar-refractivity contribution in [3.8, 4) is 0 Å². The van der Waals surface area contributed by atoms with E-state index in [1.807, 2.05) is 14.1 Å². The lowest BCUT2D eigenvalue weighted by Crippen LogP contribution is -2.43. The third-order valence-electron chi connectivity index (χ3n) is 6.57. The fraction of sp³-hybridized carbons (Fsp3) is 0.905. The first-order valence-corrected chi connectivity index (χ1v) is 11.1. The van der Waals surface area contributed by atoms with Crippen LogP contribution in [0.3, 0.4) is 0 Å². The zero-order valence-electron chi connectivity index (χ0n) is 18.0. The standard InChI is InChI=1S/C21H39N5O.HI/c1-4-22-21(26-15-17-9-5-6-10-18(17)16-26)23-12-8-14-25-13-7-11-19(25)20(27)24(2)3;/h17-19H,4-16H2,1-3H3,(H,22,23);1H. The minimum Gasteiger partial charge on any atom is -0.357 e. The third-order valence-corrected chi connectivity index (χ3v) is 6.57. The van der Waals surface area contributed by atoms with Crippen molar-refractivity contribution < 1.29 is 4.79 Å². The summed E-state index contributed by atoms with van der Waals surface area (Å²) in [6, 6.07) is 0.0823. The van der Waals surface area contributed by atoms with Crippen molar-refractivity contribution in [3.05, 3.63) is 0 Å². The predicted octanol–water partition coefficient (Wildman–Crippen LogP) is 2.63. The summed E-state index contributed by atoms with van der Waals surface area (Å²) in [4.78, 5) is 23.8. The van der Waals surface area contributed by atoms with Crippen molar-refractivity contribution in [3.63, 3.8) is 0 Å². The van der Waals surface area contributed by atoms with Gasteiger partial charge in [-0.05, 0) is 57.4 Å². The van der Waals surface area contributed by atoms with E-state index in [-0.39, 0.29) is 35.9 Å². The fourth-order valence-electron chi connectivity index (χ4n) is 5.13. The number of guanidine groups is 1. The lowest BCUT2D eigenvalue weighted by Gasteiger charge is -2.26. The van der Waals surface area contributed by atoms with Crippen LogP contribution in [0.25, 0.3) is 0 Å². The van der Waals surface area contributed by atoms with Crippen molar-refractivity contribution in [1.29, 1.82) is 0 Å². The van der Waals surface area contributed by atoms with Gasteiger partial charge in [0.05, 0.1) is 6.04 Å². The minimum atomic E-state index is 0. The van der Waals surface area contributed by atoms with Gasteiger partial charge in [0.15, 0.2) is 5.96 Å². The third kappa shape index (κ3) is 5.97. The molecule has 6 nitrogen and oxygen atoms in total. The van der Waals surface area contributed by atoms with Crippen LogP contribution in [0.2, 0.25) is 0 Å². The molecular weight excluding hydrogens is 465 g/mol. The molecule has 0 bridgehead atoms. The summed E-state index contributed by atoms with van der Waals surface area (Å²) in [6.45, 7) is 8.30. The number of carbonyl (C=O) groups excluding carboxylic acids is 1. The lowest BCUT2D eigenvalue weighted by atomic mass is 9.82. The molecule has 3 unspecified atom stereocenters. The van der Waals surface area contributed by atoms with E-state index in [1.54, 1.807) is 4.90 Å². The van der Waals surface area contributed by atoms with E-state index in [0.29, 0.717) is 0 Å². The molecule has 0 aromatic carbocycles. The van der Waals surface area contributed by atoms with Crippen LogP contribution in [0.4, 0.5) is 0 Å². The van der Waals surface area contributed by atoms with E-state index in [0.717, 1.165) is 63.2 Å². The molecule has 0 aromatic rings. The summed E-state index contributed by atoms with van der Waals surface area (Å²) in [6.07, 6.45) is 8.77. The molecule has 1 N–H and O–H groups in total. The van der Waals surface area contributed by atoms with Crippen LogP contribution in [-0.4, -0.2) is 86.0 Å². The monoisotopic (exact) mass is 505 g/mol. The molecule has 7 heteroatoms. The number of fused-ring (bicyclic) bond motifs is 1. The largest absolute Gasteiger partial charge is 0.357 e. The fourth-order valence-corrected chi connectivity index (χ4v) is 5.13. The molecule has 1 amide bonds. The number of nitrogens with zero attached hydrogens (tertiary/aromatic N) is 4. The highest BCUT2D eigenvalue weighted by Gasteiger charge is 2.35. The van der Waals surface area contributed by atoms with Crippen LogP contribution in [0, 0.1) is 11.8 Å². The Balaban J connectivity index is 0.00000280. The van der Waals surface area contributed by atoms with Gasteiger partial charge in [-0.25, -0.2) is 0 Å². The normalized spacial score (nSPS) is 28.0. The van der Waals surface area contributed by atoms with Gasteiger partial charge in [-0.3, -0.25) is 14.7 Å². The summed E-state index contributed by atoms with van der Waals surface area (Å²) in [5.74, 6) is 3.12. The average molecular weight is 505 g/mol. The van der Waals surface area contributed by atoms with E-state index in [1.165, 1.54) is 38.8 Å². The molecule has 3 atom stereocenters. The lowest BCUT2D eigenvalue weighted by molar-refractivity contribution is -0.133. The molecule has 2 heterocycles. The number of carbonyl (C=O) groups is 1. The van der Waals surface area contributed by atoms with Crippen LogP contribution in [0.1, 0.15) is 51.9 Å². The summed E-state index contributed by atoms with van der Waals surface area (Å²) < 4.78 is 0. The highest BCUT2D eigenvalue weighted by atomic mass is 127. The number of hydrogen-bond acceptors (Lipinski definition) is 3. The van der Waals surface area contributed by atoms with Gasteiger partial charge in [-0.1, -0.05) is 12.8 Å². The Labute approximate surface area is 188 Å². The SMILES string of the molecule is CCNC(=NCCCN1CCCC1C(=O)N(C)C)N1CC2CCCCC2C1.I. The smallest absolute Gasteiger partial charge is 0.239 e. The number of amides is 1. The highest BCUT2D eigenvalue weighted by Crippen LogP contribution is 2.35. The van der Waals surface area contributed by atoms with E-state index in [4.69, 9.17) is 4.99 Å². The van der Waals surface area contributed by atoms with Gasteiger partial charge in [-0.2, -0.15) is 0 Å². The van der Waals surface area contributed by atoms with E-state index in [2.05, 4.69) is 22.0 Å². The molecule has 1 aliphatic carbocycles. The van der Waals surface area contributed by atoms with Gasteiger partial charge >= 0.3 is 0 Å². The van der Waals surface area contributed by atoms with E-state index in [9.17, 15) is 4.79 Å². The molecule has 3 fully saturated rings. The van der Waals surface area contributed by atoms with Crippen molar-refractivity contribution in [2.75, 3.05) is 53.4 Å². The number of hydrogen-bond donors (Lipinski definition) is 1. The predicted molar refractivity (Wildman–Crippen MR) is 126 cm³/mol. The van der Waals surface area contributed by atoms with Gasteiger partial charge in [0.1, 0.15) is 0 Å². The number of nitrogens with one attached hydrogen (secondary N) is 1. The number of aliphatic imine (C=N–C) groups is 1. The minimum absolute atomic E-state index is 0. The second kappa shape index (κ2) is 11.6. The second-order valence-electron chi connectivity index (χ2n) is 8.73. The Morgan fingerprint density at radius 3 is 2.39 bits per heavy atom. The van der Waals surface area contributed by atoms with Gasteiger partial charge in [-0.15, -0.1) is 24.0 Å². The summed E-state index contributed by atoms with van der Waals surface area (Å²) in [5, 5.41) is 3.51. The maximum absolute atomic E-state index is 12.3. The summed E-state index contributed by atoms with van der Waals surface area (Å²) in [5.41, 5.74) is 0. The highest BCUT2D eigenvalue weighted by molar-refractivity contribution is 14.0. The van der Waals surface area contributed by atoms with Crippen LogP contribution in [0.15, 0.2) is 4.99 Å². The van der Waals surface area contributed by atoms with Gasteiger partial charge in [0.25, 0.3) is 0 Å². The van der Waals surface area contributed by atoms with Crippen LogP contribution in [0.5, 0.6) is 0 Å². The molecule has 3 rings (SSSR count). The molecular formula is C21H40IN5O. The number of likely N-dealkylation sites (tertiary alicyclic amines) is 2. The Hall–Kier alpha value is -0.570. The van der Waals surface area contributed by atoms with Crippen molar-refractivity contribution in [1.82, 2.24) is 20.0 Å². The Kier molecular flexibility index (Phi) is 9.80. The van der Waals surface area contributed by atoms with Crippen molar-refractivity contribution >= 4 is 35.8 Å². The first-order valence-electron chi connectivity index (χ1n) is 11.1. The van der Waals surface area contributed by atoms with Crippen LogP contribution in [-0.2, 0) is 4.79 Å². The van der Waals surface area contributed by atoms with Crippen LogP contribution >= 0.6 is 24.0 Å². The number of likely N-dealkylation sites (N-methyl/N-ethyl adjacent to an activating group) is 1. The first kappa shape index (κ1) is 23.7. The molecule has 2 aliphatic heterocycles. The van der Waals surface area contributed by atoms with Crippen LogP contribution < -0.4 is 5.32 Å². The maximum atomic E-state index is 12.3. The summed E-state index contributed by atoms with van der Waals surface area (Å²) in [7, 11) is 3.72. The molecule has 2 saturated heterocycles. The van der Waals surface area contributed by atoms with Crippen molar-refractivity contribution in [2.24, 2.45) is 16.8 Å². The molecule has 0 radical (unpaired) electrons. The van der Waals surface area contributed by atoms with E-state index >= 15 is 0 Å². The zero-order chi connectivity index (χ0) is 19.2. The summed E-state index contributed by atoms with van der Waals surface area (Å²) >= 11 is 0. The van der Waals surface area contributed by atoms with Crippen molar-refractivity contribution in [2.45, 2.75) is 57.9 Å². The van der Waals surface area contributed by atoms with Gasteiger partial charge < -0.3 is 15.1 Å². The molecule has 3 aliphatic rings. The maximum Gasteiger partial charge on any atom is 0.239 e. The van der Waals surface area contributed by atoms with Gasteiger partial charge in [0, 0.05) is 46.8 Å². The molecule has 1 saturated carbocycles. The average Bonchev–Trinajstić information content (AvgIpc) is 3.30. The van der Waals surface area contributed by atoms with E-state index < -0.39 is 0 Å². The Morgan fingerprint density at radius 1 is 1.11 bits per heavy atom. The number of halogens is 1. The zero-order valence-corrected chi connectivity index (χ0v) is 20.4. The molecule has 0 spiro atoms. The first-order chi connectivity index (χ1) is 13.1. The quantitative estimate of drug-likeness (QED) is 0.261. The second-order valence-corrected chi connectivity index (χ2v) is 8.73. The molecule has 0 aromatic heterocycles. The Bertz CT molecular complexity index is 513. The molecule has 28 heavy (non-hydrogen) atoms. The Morgan fingerprint density at radius 2 is 1.79 bits per heavy atom. The topological polar surface area (TPSA) is 51.2 Å². The number of rotatable bonds is 6. The molecule has 162 valence electrons.